The van der Waals surface area contributed by atoms with Gasteiger partial charge in [0.2, 0.25) is 5.91 Å². The highest BCUT2D eigenvalue weighted by molar-refractivity contribution is 9.10. The number of rotatable bonds is 2. The van der Waals surface area contributed by atoms with Crippen molar-refractivity contribution in [3.05, 3.63) is 38.1 Å². The molecule has 1 rings (SSSR count). The molecule has 0 spiro atoms. The minimum Gasteiger partial charge on any atom is -0.366 e. The molecule has 0 saturated carbocycles. The maximum atomic E-state index is 13.0. The molecular formula is C7H4BrFN2O3. The number of benzene rings is 1. The molecule has 0 heterocycles. The van der Waals surface area contributed by atoms with E-state index < -0.39 is 22.3 Å². The predicted molar refractivity (Wildman–Crippen MR) is 49.3 cm³/mol. The zero-order chi connectivity index (χ0) is 10.9. The highest BCUT2D eigenvalue weighted by atomic mass is 79.9. The van der Waals surface area contributed by atoms with Gasteiger partial charge in [-0.05, 0) is 22.0 Å². The van der Waals surface area contributed by atoms with E-state index in [-0.39, 0.29) is 10.0 Å². The fourth-order valence-corrected chi connectivity index (χ4v) is 1.22. The summed E-state index contributed by atoms with van der Waals surface area (Å²) >= 11 is 2.70. The molecule has 0 fully saturated rings. The number of nitro benzene ring substituents is 1. The van der Waals surface area contributed by atoms with Gasteiger partial charge in [0.05, 0.1) is 4.92 Å². The number of primary amides is 1. The Labute approximate surface area is 86.0 Å². The smallest absolute Gasteiger partial charge is 0.287 e. The average molecular weight is 263 g/mol. The van der Waals surface area contributed by atoms with Gasteiger partial charge in [0.1, 0.15) is 10.3 Å². The van der Waals surface area contributed by atoms with Gasteiger partial charge in [-0.15, -0.1) is 0 Å². The minimum absolute atomic E-state index is 0.239. The van der Waals surface area contributed by atoms with Crippen molar-refractivity contribution < 1.29 is 14.1 Å². The van der Waals surface area contributed by atoms with Gasteiger partial charge < -0.3 is 5.73 Å². The summed E-state index contributed by atoms with van der Waals surface area (Å²) in [6, 6.07) is 1.74. The van der Waals surface area contributed by atoms with E-state index in [0.29, 0.717) is 0 Å². The van der Waals surface area contributed by atoms with E-state index in [2.05, 4.69) is 15.9 Å². The summed E-state index contributed by atoms with van der Waals surface area (Å²) in [6.45, 7) is 0. The summed E-state index contributed by atoms with van der Waals surface area (Å²) in [5, 5.41) is 10.4. The Morgan fingerprint density at radius 1 is 1.57 bits per heavy atom. The number of carbonyl (C=O) groups excluding carboxylic acids is 1. The fourth-order valence-electron chi connectivity index (χ4n) is 0.850. The van der Waals surface area contributed by atoms with Crippen LogP contribution in [0.2, 0.25) is 0 Å². The van der Waals surface area contributed by atoms with Crippen molar-refractivity contribution in [3.63, 3.8) is 0 Å². The second-order valence-corrected chi connectivity index (χ2v) is 3.21. The fraction of sp³-hybridized carbons (Fsp3) is 0. The Bertz CT molecular complexity index is 422. The first-order valence-corrected chi connectivity index (χ1v) is 4.16. The number of hydrogen-bond acceptors (Lipinski definition) is 3. The molecule has 1 amide bonds. The number of carbonyl (C=O) groups is 1. The Kier molecular flexibility index (Phi) is 2.80. The summed E-state index contributed by atoms with van der Waals surface area (Å²) in [6.07, 6.45) is 0. The van der Waals surface area contributed by atoms with Gasteiger partial charge in [0.15, 0.2) is 0 Å². The van der Waals surface area contributed by atoms with E-state index in [1.807, 2.05) is 0 Å². The molecule has 14 heavy (non-hydrogen) atoms. The minimum atomic E-state index is -0.917. The van der Waals surface area contributed by atoms with Crippen molar-refractivity contribution >= 4 is 27.5 Å². The van der Waals surface area contributed by atoms with Crippen LogP contribution in [0, 0.1) is 15.9 Å². The van der Waals surface area contributed by atoms with Crippen LogP contribution in [0.5, 0.6) is 0 Å². The molecule has 2 N–H and O–H groups in total. The van der Waals surface area contributed by atoms with Crippen molar-refractivity contribution in [2.24, 2.45) is 5.73 Å². The molecule has 0 unspecified atom stereocenters. The van der Waals surface area contributed by atoms with Crippen LogP contribution in [-0.2, 0) is 0 Å². The summed E-state index contributed by atoms with van der Waals surface area (Å²) in [4.78, 5) is 20.3. The zero-order valence-electron chi connectivity index (χ0n) is 6.66. The summed E-state index contributed by atoms with van der Waals surface area (Å²) < 4.78 is 12.7. The Balaban J connectivity index is 3.43. The molecule has 1 aromatic carbocycles. The number of hydrogen-bond donors (Lipinski definition) is 1. The van der Waals surface area contributed by atoms with Gasteiger partial charge in [0.25, 0.3) is 5.69 Å². The third-order valence-electron chi connectivity index (χ3n) is 1.49. The average Bonchev–Trinajstić information content (AvgIpc) is 2.08. The third-order valence-corrected chi connectivity index (χ3v) is 2.28. The lowest BCUT2D eigenvalue weighted by Gasteiger charge is -1.99. The number of nitrogens with two attached hydrogens (primary N) is 1. The third kappa shape index (κ3) is 1.87. The first-order chi connectivity index (χ1) is 6.43. The van der Waals surface area contributed by atoms with Crippen LogP contribution in [0.25, 0.3) is 0 Å². The molecule has 0 radical (unpaired) electrons. The van der Waals surface area contributed by atoms with Gasteiger partial charge in [-0.1, -0.05) is 0 Å². The largest absolute Gasteiger partial charge is 0.366 e. The van der Waals surface area contributed by atoms with Crippen molar-refractivity contribution in [3.8, 4) is 0 Å². The van der Waals surface area contributed by atoms with E-state index >= 15 is 0 Å². The van der Waals surface area contributed by atoms with Crippen LogP contribution in [0.15, 0.2) is 16.6 Å². The lowest BCUT2D eigenvalue weighted by Crippen LogP contribution is -2.11. The monoisotopic (exact) mass is 262 g/mol. The zero-order valence-corrected chi connectivity index (χ0v) is 8.25. The molecule has 0 aliphatic heterocycles. The number of halogens is 2. The van der Waals surface area contributed by atoms with Crippen LogP contribution in [-0.4, -0.2) is 10.8 Å². The molecule has 0 saturated heterocycles. The lowest BCUT2D eigenvalue weighted by atomic mass is 10.2. The van der Waals surface area contributed by atoms with E-state index in [0.717, 1.165) is 12.1 Å². The highest BCUT2D eigenvalue weighted by Gasteiger charge is 2.19. The quantitative estimate of drug-likeness (QED) is 0.649. The van der Waals surface area contributed by atoms with Crippen molar-refractivity contribution in [2.45, 2.75) is 0 Å². The Morgan fingerprint density at radius 3 is 2.57 bits per heavy atom. The SMILES string of the molecule is NC(=O)c1cc(F)c(Br)c([N+](=O)[O-])c1. The van der Waals surface area contributed by atoms with E-state index in [1.54, 1.807) is 0 Å². The molecule has 5 nitrogen and oxygen atoms in total. The van der Waals surface area contributed by atoms with Gasteiger partial charge >= 0.3 is 0 Å². The first kappa shape index (κ1) is 10.6. The molecule has 1 aromatic rings. The summed E-state index contributed by atoms with van der Waals surface area (Å²) in [7, 11) is 0. The van der Waals surface area contributed by atoms with Crippen molar-refractivity contribution in [1.82, 2.24) is 0 Å². The standard InChI is InChI=1S/C7H4BrFN2O3/c8-6-4(9)1-3(7(10)12)2-5(6)11(13)14/h1-2H,(H2,10,12). The summed E-state index contributed by atoms with van der Waals surface area (Å²) in [5.74, 6) is -1.81. The number of amides is 1. The van der Waals surface area contributed by atoms with E-state index in [1.165, 1.54) is 0 Å². The topological polar surface area (TPSA) is 86.2 Å². The van der Waals surface area contributed by atoms with Gasteiger partial charge in [-0.2, -0.15) is 0 Å². The second-order valence-electron chi connectivity index (χ2n) is 2.41. The molecule has 0 aromatic heterocycles. The molecular weight excluding hydrogens is 259 g/mol. The van der Waals surface area contributed by atoms with Crippen LogP contribution < -0.4 is 5.73 Å². The maximum Gasteiger partial charge on any atom is 0.287 e. The number of nitro groups is 1. The van der Waals surface area contributed by atoms with Crippen LogP contribution >= 0.6 is 15.9 Å². The molecule has 7 heteroatoms. The lowest BCUT2D eigenvalue weighted by molar-refractivity contribution is -0.385. The first-order valence-electron chi connectivity index (χ1n) is 3.36. The van der Waals surface area contributed by atoms with Crippen LogP contribution in [0.4, 0.5) is 10.1 Å². The van der Waals surface area contributed by atoms with Gasteiger partial charge in [-0.3, -0.25) is 14.9 Å². The van der Waals surface area contributed by atoms with E-state index in [4.69, 9.17) is 5.73 Å². The second kappa shape index (κ2) is 3.70. The van der Waals surface area contributed by atoms with E-state index in [9.17, 15) is 19.3 Å². The molecule has 0 bridgehead atoms. The van der Waals surface area contributed by atoms with Gasteiger partial charge in [0, 0.05) is 11.6 Å². The van der Waals surface area contributed by atoms with Crippen LogP contribution in [0.3, 0.4) is 0 Å². The Morgan fingerprint density at radius 2 is 2.14 bits per heavy atom. The molecule has 0 atom stereocenters. The van der Waals surface area contributed by atoms with Crippen molar-refractivity contribution in [1.29, 1.82) is 0 Å². The molecule has 0 aliphatic carbocycles. The van der Waals surface area contributed by atoms with Crippen LogP contribution in [0.1, 0.15) is 10.4 Å². The van der Waals surface area contributed by atoms with Gasteiger partial charge in [-0.25, -0.2) is 4.39 Å². The molecule has 0 aliphatic rings. The highest BCUT2D eigenvalue weighted by Crippen LogP contribution is 2.28. The summed E-state index contributed by atoms with van der Waals surface area (Å²) in [5.41, 5.74) is 4.09. The predicted octanol–water partition coefficient (Wildman–Crippen LogP) is 1.60. The maximum absolute atomic E-state index is 13.0. The normalized spacial score (nSPS) is 9.86. The van der Waals surface area contributed by atoms with Crippen molar-refractivity contribution in [2.75, 3.05) is 0 Å². The molecule has 74 valence electrons. The number of nitrogens with zero attached hydrogens (tertiary/aromatic N) is 1. The Hall–Kier alpha value is -1.50.